The summed E-state index contributed by atoms with van der Waals surface area (Å²) in [6, 6.07) is 10.4. The van der Waals surface area contributed by atoms with Gasteiger partial charge in [0.2, 0.25) is 17.5 Å². The van der Waals surface area contributed by atoms with Crippen LogP contribution in [0.5, 0.6) is 11.5 Å². The van der Waals surface area contributed by atoms with E-state index < -0.39 is 176 Å². The number of fused-ring (bicyclic) bond motifs is 10. The van der Waals surface area contributed by atoms with Gasteiger partial charge in [0.05, 0.1) is 39.5 Å². The predicted octanol–water partition coefficient (Wildman–Crippen LogP) is 18.1. The average molecular weight is 1170 g/mol. The van der Waals surface area contributed by atoms with Gasteiger partial charge in [-0.05, 0) is 76.6 Å². The Morgan fingerprint density at radius 3 is 1.11 bits per heavy atom. The second-order valence-electron chi connectivity index (χ2n) is 22.6. The smallest absolute Gasteiger partial charge is 0.339 e. The molecule has 0 saturated carbocycles. The average Bonchev–Trinajstić information content (AvgIpc) is 1.87. The summed E-state index contributed by atoms with van der Waals surface area (Å²) >= 11 is 0. The van der Waals surface area contributed by atoms with E-state index in [4.69, 9.17) is 4.74 Å². The van der Waals surface area contributed by atoms with Crippen molar-refractivity contribution in [3.63, 3.8) is 0 Å². The van der Waals surface area contributed by atoms with E-state index in [2.05, 4.69) is 19.9 Å². The van der Waals surface area contributed by atoms with E-state index >= 15 is 52.7 Å². The molecular formula is C62H39F15N4O3. The Hall–Kier alpha value is -9.08. The molecule has 3 N–H and O–H groups in total. The molecule has 430 valence electrons. The van der Waals surface area contributed by atoms with Gasteiger partial charge < -0.3 is 19.8 Å². The van der Waals surface area contributed by atoms with Crippen LogP contribution in [0.2, 0.25) is 0 Å². The number of aromatic carboxylic acids is 1. The zero-order valence-corrected chi connectivity index (χ0v) is 44.8. The van der Waals surface area contributed by atoms with Crippen LogP contribution in [0.4, 0.5) is 65.9 Å². The second-order valence-corrected chi connectivity index (χ2v) is 22.6. The molecule has 3 aliphatic heterocycles. The first-order chi connectivity index (χ1) is 39.3. The molecular weight excluding hydrogens is 1130 g/mol. The van der Waals surface area contributed by atoms with Crippen molar-refractivity contribution in [3.05, 3.63) is 186 Å². The summed E-state index contributed by atoms with van der Waals surface area (Å²) in [4.78, 5) is 27.6. The molecule has 84 heavy (non-hydrogen) atoms. The van der Waals surface area contributed by atoms with Crippen LogP contribution in [0.3, 0.4) is 0 Å². The second kappa shape index (κ2) is 19.2. The summed E-state index contributed by atoms with van der Waals surface area (Å²) in [5, 5.41) is 10.8. The van der Waals surface area contributed by atoms with E-state index in [1.54, 1.807) is 6.07 Å². The zero-order chi connectivity index (χ0) is 61.0. The quantitative estimate of drug-likeness (QED) is 0.0905. The third-order valence-corrected chi connectivity index (χ3v) is 15.1. The molecule has 6 heterocycles. The van der Waals surface area contributed by atoms with Gasteiger partial charge in [-0.15, -0.1) is 0 Å². The number of carbonyl (C=O) groups is 1. The van der Waals surface area contributed by atoms with Gasteiger partial charge in [-0.2, -0.15) is 0 Å². The molecule has 7 nitrogen and oxygen atoms in total. The number of hydrogen-bond acceptors (Lipinski definition) is 4. The molecule has 0 aliphatic carbocycles. The molecule has 8 aromatic rings. The molecule has 0 unspecified atom stereocenters. The summed E-state index contributed by atoms with van der Waals surface area (Å²) in [7, 11) is 0. The zero-order valence-electron chi connectivity index (χ0n) is 44.8. The number of nitrogens with one attached hydrogen (secondary N) is 2. The first kappa shape index (κ1) is 56.8. The first-order valence-electron chi connectivity index (χ1n) is 25.3. The number of carboxylic acids is 1. The van der Waals surface area contributed by atoms with Gasteiger partial charge in [0.25, 0.3) is 0 Å². The van der Waals surface area contributed by atoms with Crippen LogP contribution < -0.4 is 4.74 Å². The van der Waals surface area contributed by atoms with Crippen LogP contribution >= 0.6 is 0 Å². The molecule has 5 aromatic carbocycles. The molecule has 8 bridgehead atoms. The number of aromatic nitrogens is 4. The lowest BCUT2D eigenvalue weighted by atomic mass is 9.67. The van der Waals surface area contributed by atoms with Gasteiger partial charge >= 0.3 is 5.97 Å². The molecule has 3 aliphatic rings. The largest absolute Gasteiger partial charge is 0.478 e. The summed E-state index contributed by atoms with van der Waals surface area (Å²) in [6.07, 6.45) is 3.81. The minimum Gasteiger partial charge on any atom is -0.478 e. The number of H-pyrrole nitrogens is 2. The lowest BCUT2D eigenvalue weighted by Gasteiger charge is -2.41. The predicted molar refractivity (Wildman–Crippen MR) is 283 cm³/mol. The number of halogens is 15. The maximum absolute atomic E-state index is 16.4. The van der Waals surface area contributed by atoms with E-state index in [0.717, 1.165) is 36.4 Å². The van der Waals surface area contributed by atoms with Crippen molar-refractivity contribution in [2.24, 2.45) is 0 Å². The van der Waals surface area contributed by atoms with Gasteiger partial charge in [-0.1, -0.05) is 73.6 Å². The van der Waals surface area contributed by atoms with Gasteiger partial charge in [0.1, 0.15) is 17.1 Å². The van der Waals surface area contributed by atoms with Gasteiger partial charge in [-0.3, -0.25) is 0 Å². The summed E-state index contributed by atoms with van der Waals surface area (Å²) in [6.45, 7) is 14.9. The normalized spacial score (nSPS) is 13.6. The Kier molecular flexibility index (Phi) is 13.0. The maximum atomic E-state index is 16.4. The van der Waals surface area contributed by atoms with Crippen molar-refractivity contribution in [1.29, 1.82) is 0 Å². The minimum atomic E-state index is -2.64. The van der Waals surface area contributed by atoms with Crippen molar-refractivity contribution < 1.29 is 80.5 Å². The maximum Gasteiger partial charge on any atom is 0.339 e. The van der Waals surface area contributed by atoms with E-state index in [1.165, 1.54) is 24.3 Å². The van der Waals surface area contributed by atoms with Crippen molar-refractivity contribution >= 4 is 52.3 Å². The molecule has 0 atom stereocenters. The number of ether oxygens (including phenoxy) is 1. The summed E-state index contributed by atoms with van der Waals surface area (Å²) < 4.78 is 241. The van der Waals surface area contributed by atoms with Crippen molar-refractivity contribution in [2.45, 2.75) is 71.6 Å². The number of nitrogens with zero attached hydrogens (tertiary/aromatic N) is 2. The lowest BCUT2D eigenvalue weighted by Crippen LogP contribution is -2.31. The molecule has 0 amide bonds. The fourth-order valence-electron chi connectivity index (χ4n) is 10.9. The highest BCUT2D eigenvalue weighted by molar-refractivity contribution is 6.02. The molecule has 3 aromatic heterocycles. The highest BCUT2D eigenvalue weighted by Crippen LogP contribution is 2.57. The molecule has 0 spiro atoms. The number of carboxylic acid groups (broad SMARTS) is 1. The Morgan fingerprint density at radius 2 is 0.774 bits per heavy atom. The van der Waals surface area contributed by atoms with Crippen LogP contribution in [-0.2, 0) is 16.2 Å². The highest BCUT2D eigenvalue weighted by atomic mass is 19.2. The third-order valence-electron chi connectivity index (χ3n) is 15.1. The van der Waals surface area contributed by atoms with E-state index in [0.29, 0.717) is 22.3 Å². The van der Waals surface area contributed by atoms with Crippen LogP contribution in [0.15, 0.2) is 48.5 Å². The van der Waals surface area contributed by atoms with Crippen LogP contribution in [0, 0.1) is 87.3 Å². The van der Waals surface area contributed by atoms with Crippen molar-refractivity contribution in [3.8, 4) is 56.0 Å². The van der Waals surface area contributed by atoms with Crippen LogP contribution in [0.1, 0.15) is 111 Å². The molecule has 0 saturated heterocycles. The monoisotopic (exact) mass is 1170 g/mol. The first-order valence-corrected chi connectivity index (χ1v) is 25.3. The Bertz CT molecular complexity index is 4410. The van der Waals surface area contributed by atoms with Gasteiger partial charge in [0, 0.05) is 66.4 Å². The molecule has 0 radical (unpaired) electrons. The number of rotatable bonds is 5. The Morgan fingerprint density at radius 1 is 0.440 bits per heavy atom. The minimum absolute atomic E-state index is 0.0145. The fourth-order valence-corrected chi connectivity index (χ4v) is 10.9. The van der Waals surface area contributed by atoms with Crippen molar-refractivity contribution in [2.75, 3.05) is 0 Å². The van der Waals surface area contributed by atoms with Crippen LogP contribution in [0.25, 0.3) is 90.9 Å². The van der Waals surface area contributed by atoms with E-state index in [1.807, 2.05) is 61.5 Å². The summed E-state index contributed by atoms with van der Waals surface area (Å²) in [5.74, 6) is -38.9. The number of aromatic amines is 2. The van der Waals surface area contributed by atoms with Crippen molar-refractivity contribution in [1.82, 2.24) is 19.9 Å². The van der Waals surface area contributed by atoms with E-state index in [-0.39, 0.29) is 39.4 Å². The Balaban J connectivity index is 1.39. The standard InChI is InChI=1S/C62H39F15N4O3/c1-60(2,3)21-19-23(59(82)83)57-25(20-21)62(7,8)41-24(61(4,5)6)10-9-22(58(41)84-57)34-26-11-13-28(78-26)35(38-42(63)48(69)54(75)49(70)43(38)64)30-15-17-32(80-30)37(40-46(67)52(73)56(77)53(74)47(40)68)33-18-16-31(81-33)36(29-14-12-27(34)79-29)39-44(65)50(71)55(76)51(72)45(39)66/h9-20,78,81H,1-8H3,(H,82,83). The number of benzene rings is 5. The van der Waals surface area contributed by atoms with Gasteiger partial charge in [-0.25, -0.2) is 80.6 Å². The Labute approximate surface area is 465 Å². The van der Waals surface area contributed by atoms with E-state index in [9.17, 15) is 23.1 Å². The SMILES string of the molecule is CC(C)(C)c1cc(C(=O)O)c2c(c1)C(C)(C)c1c(C(C)(C)C)ccc(-c3c4nc(c(-c5c(F)c(F)c(F)c(F)c5F)c5ccc([nH]5)c(-c5c(F)c(F)c(F)c(F)c5F)c5nc(c(-c6c(F)c(F)c(F)c(F)c6F)c6ccc3[nH]6)C=C5)C=C4)c1O2. The molecule has 0 fully saturated rings. The molecule has 22 heteroatoms. The highest BCUT2D eigenvalue weighted by Gasteiger charge is 2.43. The summed E-state index contributed by atoms with van der Waals surface area (Å²) in [5.41, 5.74) is -13.7. The van der Waals surface area contributed by atoms with Crippen LogP contribution in [-0.4, -0.2) is 31.0 Å². The lowest BCUT2D eigenvalue weighted by molar-refractivity contribution is 0.0693. The van der Waals surface area contributed by atoms with Gasteiger partial charge in [0.15, 0.2) is 69.8 Å². The molecule has 11 rings (SSSR count). The topological polar surface area (TPSA) is 104 Å². The third kappa shape index (κ3) is 8.40. The fraction of sp³-hybridized carbons (Fsp3) is 0.177. The number of hydrogen-bond donors (Lipinski definition) is 3.